The summed E-state index contributed by atoms with van der Waals surface area (Å²) in [6, 6.07) is 22.8. The van der Waals surface area contributed by atoms with Crippen molar-refractivity contribution in [3.8, 4) is 5.75 Å². The molecular formula is C22H18N2O2. The molecule has 3 aromatic rings. The van der Waals surface area contributed by atoms with Crippen molar-refractivity contribution in [3.63, 3.8) is 0 Å². The molecule has 0 bridgehead atoms. The largest absolute Gasteiger partial charge is 0.497 e. The molecular weight excluding hydrogens is 324 g/mol. The molecule has 26 heavy (non-hydrogen) atoms. The number of hydrogen-bond donors (Lipinski definition) is 0. The standard InChI is InChI=1S/C22H18N2O2/c1-26-18-12-10-17(11-13-18)24-21(20-9-5-6-14-23-20)15-19(22(24)25)16-7-3-2-4-8-16/h2-15,21H,1H3. The highest BCUT2D eigenvalue weighted by atomic mass is 16.5. The van der Waals surface area contributed by atoms with Crippen molar-refractivity contribution in [2.75, 3.05) is 12.0 Å². The summed E-state index contributed by atoms with van der Waals surface area (Å²) < 4.78 is 5.23. The molecule has 0 aliphatic carbocycles. The van der Waals surface area contributed by atoms with E-state index in [1.807, 2.05) is 78.9 Å². The Balaban J connectivity index is 1.79. The maximum absolute atomic E-state index is 13.2. The van der Waals surface area contributed by atoms with Gasteiger partial charge in [0.1, 0.15) is 5.75 Å². The van der Waals surface area contributed by atoms with E-state index in [-0.39, 0.29) is 11.9 Å². The molecule has 4 heteroatoms. The second-order valence-corrected chi connectivity index (χ2v) is 6.02. The lowest BCUT2D eigenvalue weighted by Gasteiger charge is -2.24. The van der Waals surface area contributed by atoms with Gasteiger partial charge in [0.2, 0.25) is 0 Å². The third kappa shape index (κ3) is 2.86. The third-order valence-electron chi connectivity index (χ3n) is 4.48. The third-order valence-corrected chi connectivity index (χ3v) is 4.48. The Morgan fingerprint density at radius 1 is 0.923 bits per heavy atom. The minimum Gasteiger partial charge on any atom is -0.497 e. The zero-order chi connectivity index (χ0) is 17.9. The van der Waals surface area contributed by atoms with Gasteiger partial charge in [-0.2, -0.15) is 0 Å². The van der Waals surface area contributed by atoms with Gasteiger partial charge < -0.3 is 4.74 Å². The predicted octanol–water partition coefficient (Wildman–Crippen LogP) is 4.26. The van der Waals surface area contributed by atoms with Crippen LogP contribution >= 0.6 is 0 Å². The first kappa shape index (κ1) is 16.1. The Morgan fingerprint density at radius 2 is 1.65 bits per heavy atom. The number of hydrogen-bond acceptors (Lipinski definition) is 3. The van der Waals surface area contributed by atoms with Crippen LogP contribution in [0.25, 0.3) is 5.57 Å². The van der Waals surface area contributed by atoms with Gasteiger partial charge in [0.15, 0.2) is 0 Å². The van der Waals surface area contributed by atoms with Crippen LogP contribution in [0.5, 0.6) is 5.75 Å². The number of nitrogens with zero attached hydrogens (tertiary/aromatic N) is 2. The molecule has 0 saturated carbocycles. The van der Waals surface area contributed by atoms with Crippen LogP contribution in [0.2, 0.25) is 0 Å². The quantitative estimate of drug-likeness (QED) is 0.711. The lowest BCUT2D eigenvalue weighted by atomic mass is 10.1. The molecule has 0 fully saturated rings. The average molecular weight is 342 g/mol. The van der Waals surface area contributed by atoms with Gasteiger partial charge in [-0.3, -0.25) is 14.7 Å². The number of pyridine rings is 1. The van der Waals surface area contributed by atoms with Crippen molar-refractivity contribution >= 4 is 17.2 Å². The highest BCUT2D eigenvalue weighted by Gasteiger charge is 2.35. The number of methoxy groups -OCH3 is 1. The molecule has 0 N–H and O–H groups in total. The molecule has 4 rings (SSSR count). The smallest absolute Gasteiger partial charge is 0.259 e. The molecule has 0 saturated heterocycles. The number of carbonyl (C=O) groups is 1. The Hall–Kier alpha value is -3.40. The zero-order valence-corrected chi connectivity index (χ0v) is 14.4. The summed E-state index contributed by atoms with van der Waals surface area (Å²) >= 11 is 0. The number of benzene rings is 2. The van der Waals surface area contributed by atoms with Crippen molar-refractivity contribution in [1.82, 2.24) is 4.98 Å². The molecule has 1 amide bonds. The topological polar surface area (TPSA) is 42.4 Å². The Labute approximate surface area is 152 Å². The van der Waals surface area contributed by atoms with E-state index in [0.717, 1.165) is 22.7 Å². The second-order valence-electron chi connectivity index (χ2n) is 6.02. The molecule has 0 spiro atoms. The summed E-state index contributed by atoms with van der Waals surface area (Å²) in [6.07, 6.45) is 3.74. The molecule has 2 heterocycles. The van der Waals surface area contributed by atoms with Gasteiger partial charge in [-0.25, -0.2) is 0 Å². The number of ether oxygens (including phenoxy) is 1. The molecule has 128 valence electrons. The van der Waals surface area contributed by atoms with Crippen molar-refractivity contribution in [2.24, 2.45) is 0 Å². The number of rotatable bonds is 4. The monoisotopic (exact) mass is 342 g/mol. The summed E-state index contributed by atoms with van der Waals surface area (Å²) in [4.78, 5) is 19.5. The van der Waals surface area contributed by atoms with Crippen molar-refractivity contribution in [2.45, 2.75) is 6.04 Å². The van der Waals surface area contributed by atoms with E-state index >= 15 is 0 Å². The normalized spacial score (nSPS) is 16.5. The minimum absolute atomic E-state index is 0.0305. The first-order chi connectivity index (χ1) is 12.8. The summed E-state index contributed by atoms with van der Waals surface area (Å²) in [5, 5.41) is 0. The molecule has 1 atom stereocenters. The lowest BCUT2D eigenvalue weighted by molar-refractivity contribution is -0.113. The molecule has 1 aromatic heterocycles. The van der Waals surface area contributed by atoms with Crippen LogP contribution in [0.15, 0.2) is 85.1 Å². The van der Waals surface area contributed by atoms with E-state index in [9.17, 15) is 4.79 Å². The molecule has 1 aliphatic rings. The van der Waals surface area contributed by atoms with Gasteiger partial charge in [0.25, 0.3) is 5.91 Å². The van der Waals surface area contributed by atoms with E-state index in [4.69, 9.17) is 4.74 Å². The van der Waals surface area contributed by atoms with Crippen molar-refractivity contribution in [3.05, 3.63) is 96.3 Å². The summed E-state index contributed by atoms with van der Waals surface area (Å²) in [5.41, 5.74) is 3.25. The van der Waals surface area contributed by atoms with Crippen LogP contribution in [0, 0.1) is 0 Å². The van der Waals surface area contributed by atoms with Crippen LogP contribution < -0.4 is 9.64 Å². The summed E-state index contributed by atoms with van der Waals surface area (Å²) in [6.45, 7) is 0. The minimum atomic E-state index is -0.243. The molecule has 0 radical (unpaired) electrons. The van der Waals surface area contributed by atoms with Gasteiger partial charge in [-0.05, 0) is 48.0 Å². The van der Waals surface area contributed by atoms with Crippen LogP contribution in [-0.2, 0) is 4.79 Å². The van der Waals surface area contributed by atoms with Gasteiger partial charge in [0.05, 0.1) is 18.8 Å². The summed E-state index contributed by atoms with van der Waals surface area (Å²) in [7, 11) is 1.63. The van der Waals surface area contributed by atoms with E-state index < -0.39 is 0 Å². The van der Waals surface area contributed by atoms with E-state index in [1.54, 1.807) is 18.2 Å². The zero-order valence-electron chi connectivity index (χ0n) is 14.4. The fraction of sp³-hybridized carbons (Fsp3) is 0.0909. The number of amides is 1. The van der Waals surface area contributed by atoms with Gasteiger partial charge in [0, 0.05) is 17.5 Å². The Kier molecular flexibility index (Phi) is 4.23. The fourth-order valence-corrected chi connectivity index (χ4v) is 3.19. The Bertz CT molecular complexity index is 935. The van der Waals surface area contributed by atoms with Crippen LogP contribution in [0.1, 0.15) is 17.3 Å². The first-order valence-electron chi connectivity index (χ1n) is 8.44. The average Bonchev–Trinajstić information content (AvgIpc) is 3.06. The summed E-state index contributed by atoms with van der Waals surface area (Å²) in [5.74, 6) is 0.725. The number of anilines is 1. The van der Waals surface area contributed by atoms with E-state index in [0.29, 0.717) is 5.57 Å². The fourth-order valence-electron chi connectivity index (χ4n) is 3.19. The predicted molar refractivity (Wildman–Crippen MR) is 102 cm³/mol. The second kappa shape index (κ2) is 6.84. The highest BCUT2D eigenvalue weighted by Crippen LogP contribution is 2.38. The molecule has 1 unspecified atom stereocenters. The van der Waals surface area contributed by atoms with Crippen LogP contribution in [0.4, 0.5) is 5.69 Å². The lowest BCUT2D eigenvalue weighted by Crippen LogP contribution is -2.29. The molecule has 4 nitrogen and oxygen atoms in total. The Morgan fingerprint density at radius 3 is 2.31 bits per heavy atom. The van der Waals surface area contributed by atoms with Gasteiger partial charge >= 0.3 is 0 Å². The SMILES string of the molecule is COc1ccc(N2C(=O)C(c3ccccc3)=CC2c2ccccn2)cc1. The molecule has 1 aliphatic heterocycles. The van der Waals surface area contributed by atoms with E-state index in [2.05, 4.69) is 4.98 Å². The van der Waals surface area contributed by atoms with Gasteiger partial charge in [-0.15, -0.1) is 0 Å². The van der Waals surface area contributed by atoms with Crippen LogP contribution in [-0.4, -0.2) is 18.0 Å². The molecule has 2 aromatic carbocycles. The highest BCUT2D eigenvalue weighted by molar-refractivity contribution is 6.29. The van der Waals surface area contributed by atoms with E-state index in [1.165, 1.54) is 0 Å². The van der Waals surface area contributed by atoms with Crippen molar-refractivity contribution < 1.29 is 9.53 Å². The maximum Gasteiger partial charge on any atom is 0.259 e. The van der Waals surface area contributed by atoms with Crippen molar-refractivity contribution in [1.29, 1.82) is 0 Å². The number of carbonyl (C=O) groups excluding carboxylic acids is 1. The first-order valence-corrected chi connectivity index (χ1v) is 8.44. The maximum atomic E-state index is 13.2. The number of aromatic nitrogens is 1. The van der Waals surface area contributed by atoms with Crippen LogP contribution in [0.3, 0.4) is 0 Å². The van der Waals surface area contributed by atoms with Gasteiger partial charge in [-0.1, -0.05) is 36.4 Å².